The van der Waals surface area contributed by atoms with Crippen LogP contribution in [0.25, 0.3) is 0 Å². The van der Waals surface area contributed by atoms with E-state index in [1.807, 2.05) is 30.5 Å². The molecule has 0 bridgehead atoms. The Morgan fingerprint density at radius 3 is 2.93 bits per heavy atom. The molecule has 0 amide bonds. The average molecular weight is 229 g/mol. The number of nitrogens with zero attached hydrogens (tertiary/aromatic N) is 2. The topological polar surface area (TPSA) is 39.1 Å². The van der Waals surface area contributed by atoms with Crippen molar-refractivity contribution in [1.29, 1.82) is 0 Å². The fraction of sp³-hybridized carbons (Fsp3) is 0.700. The molecule has 0 aliphatic rings. The van der Waals surface area contributed by atoms with Crippen molar-refractivity contribution in [2.75, 3.05) is 25.7 Å². The fourth-order valence-electron chi connectivity index (χ4n) is 1.52. The molecular weight excluding hydrogens is 210 g/mol. The Bertz CT molecular complexity index is 301. The lowest BCUT2D eigenvalue weighted by Crippen LogP contribution is -2.22. The highest BCUT2D eigenvalue weighted by molar-refractivity contribution is 7.99. The number of hydrogen-bond donors (Lipinski definition) is 1. The zero-order chi connectivity index (χ0) is 11.3. The Kier molecular flexibility index (Phi) is 4.98. The molecule has 0 aromatic carbocycles. The molecule has 1 atom stereocenters. The van der Waals surface area contributed by atoms with Gasteiger partial charge in [0.05, 0.1) is 25.0 Å². The zero-order valence-corrected chi connectivity index (χ0v) is 10.6. The molecule has 0 saturated heterocycles. The predicted molar refractivity (Wildman–Crippen MR) is 64.6 cm³/mol. The third-order valence-electron chi connectivity index (χ3n) is 2.34. The van der Waals surface area contributed by atoms with Crippen LogP contribution in [-0.4, -0.2) is 35.4 Å². The van der Waals surface area contributed by atoms with Crippen molar-refractivity contribution in [2.24, 2.45) is 7.05 Å². The van der Waals surface area contributed by atoms with E-state index in [0.717, 1.165) is 22.9 Å². The van der Waals surface area contributed by atoms with Gasteiger partial charge in [0.2, 0.25) is 0 Å². The molecule has 1 aromatic heterocycles. The number of rotatable bonds is 6. The zero-order valence-electron chi connectivity index (χ0n) is 9.78. The van der Waals surface area contributed by atoms with Crippen molar-refractivity contribution in [1.82, 2.24) is 15.1 Å². The third-order valence-corrected chi connectivity index (χ3v) is 3.31. The van der Waals surface area contributed by atoms with Gasteiger partial charge in [-0.3, -0.25) is 4.68 Å². The van der Waals surface area contributed by atoms with Gasteiger partial charge >= 0.3 is 0 Å². The lowest BCUT2D eigenvalue weighted by atomic mass is 10.2. The minimum Gasteiger partial charge on any atom is -0.493 e. The van der Waals surface area contributed by atoms with Crippen LogP contribution in [0.5, 0.6) is 5.75 Å². The lowest BCUT2D eigenvalue weighted by molar-refractivity contribution is 0.401. The van der Waals surface area contributed by atoms with E-state index in [-0.39, 0.29) is 6.04 Å². The van der Waals surface area contributed by atoms with Crippen LogP contribution in [0.15, 0.2) is 6.20 Å². The summed E-state index contributed by atoms with van der Waals surface area (Å²) >= 11 is 1.91. The van der Waals surface area contributed by atoms with E-state index in [4.69, 9.17) is 4.74 Å². The van der Waals surface area contributed by atoms with E-state index >= 15 is 0 Å². The van der Waals surface area contributed by atoms with Gasteiger partial charge in [-0.2, -0.15) is 16.9 Å². The summed E-state index contributed by atoms with van der Waals surface area (Å²) in [4.78, 5) is 0. The van der Waals surface area contributed by atoms with Crippen molar-refractivity contribution < 1.29 is 4.74 Å². The molecule has 0 saturated carbocycles. The van der Waals surface area contributed by atoms with Gasteiger partial charge in [0.1, 0.15) is 0 Å². The Hall–Kier alpha value is -0.680. The Balaban J connectivity index is 2.84. The van der Waals surface area contributed by atoms with Gasteiger partial charge in [-0.25, -0.2) is 0 Å². The Morgan fingerprint density at radius 1 is 1.67 bits per heavy atom. The largest absolute Gasteiger partial charge is 0.493 e. The van der Waals surface area contributed by atoms with E-state index in [1.165, 1.54) is 0 Å². The van der Waals surface area contributed by atoms with Gasteiger partial charge < -0.3 is 10.1 Å². The van der Waals surface area contributed by atoms with Crippen LogP contribution in [0.4, 0.5) is 0 Å². The van der Waals surface area contributed by atoms with E-state index in [0.29, 0.717) is 0 Å². The second kappa shape index (κ2) is 6.02. The Labute approximate surface area is 95.4 Å². The molecule has 1 unspecified atom stereocenters. The molecule has 1 N–H and O–H groups in total. The highest BCUT2D eigenvalue weighted by Crippen LogP contribution is 2.26. The SMILES string of the molecule is CCSCC(NC)c1c(OC)cnn1C. The summed E-state index contributed by atoms with van der Waals surface area (Å²) < 4.78 is 7.17. The molecule has 5 heteroatoms. The second-order valence-corrected chi connectivity index (χ2v) is 4.54. The summed E-state index contributed by atoms with van der Waals surface area (Å²) in [5.74, 6) is 3.01. The van der Waals surface area contributed by atoms with Crippen LogP contribution in [-0.2, 0) is 7.05 Å². The third kappa shape index (κ3) is 2.89. The highest BCUT2D eigenvalue weighted by atomic mass is 32.2. The van der Waals surface area contributed by atoms with Crippen LogP contribution in [0.3, 0.4) is 0 Å². The van der Waals surface area contributed by atoms with E-state index in [9.17, 15) is 0 Å². The summed E-state index contributed by atoms with van der Waals surface area (Å²) in [5.41, 5.74) is 1.11. The smallest absolute Gasteiger partial charge is 0.161 e. The maximum Gasteiger partial charge on any atom is 0.161 e. The summed E-state index contributed by atoms with van der Waals surface area (Å²) in [5, 5.41) is 7.50. The van der Waals surface area contributed by atoms with Crippen molar-refractivity contribution in [2.45, 2.75) is 13.0 Å². The maximum absolute atomic E-state index is 5.30. The molecule has 1 aromatic rings. The highest BCUT2D eigenvalue weighted by Gasteiger charge is 2.18. The van der Waals surface area contributed by atoms with Gasteiger partial charge in [0.15, 0.2) is 5.75 Å². The molecule has 0 radical (unpaired) electrons. The van der Waals surface area contributed by atoms with Gasteiger partial charge in [0.25, 0.3) is 0 Å². The number of ether oxygens (including phenoxy) is 1. The molecule has 0 spiro atoms. The van der Waals surface area contributed by atoms with Gasteiger partial charge in [-0.1, -0.05) is 6.92 Å². The summed E-state index contributed by atoms with van der Waals surface area (Å²) in [7, 11) is 5.59. The number of nitrogens with one attached hydrogen (secondary N) is 1. The number of thioether (sulfide) groups is 1. The summed E-state index contributed by atoms with van der Waals surface area (Å²) in [6.45, 7) is 2.16. The van der Waals surface area contributed by atoms with Crippen LogP contribution in [0, 0.1) is 0 Å². The minimum absolute atomic E-state index is 0.289. The van der Waals surface area contributed by atoms with E-state index in [2.05, 4.69) is 17.3 Å². The van der Waals surface area contributed by atoms with Crippen molar-refractivity contribution in [3.05, 3.63) is 11.9 Å². The molecule has 86 valence electrons. The standard InChI is InChI=1S/C10H19N3OS/c1-5-15-7-8(11-2)10-9(14-4)6-12-13(10)3/h6,8,11H,5,7H2,1-4H3. The number of aromatic nitrogens is 2. The lowest BCUT2D eigenvalue weighted by Gasteiger charge is -2.17. The molecule has 4 nitrogen and oxygen atoms in total. The quantitative estimate of drug-likeness (QED) is 0.801. The first-order valence-electron chi connectivity index (χ1n) is 5.05. The van der Waals surface area contributed by atoms with Crippen LogP contribution >= 0.6 is 11.8 Å². The van der Waals surface area contributed by atoms with Gasteiger partial charge in [-0.15, -0.1) is 0 Å². The molecule has 1 rings (SSSR count). The summed E-state index contributed by atoms with van der Waals surface area (Å²) in [6, 6.07) is 0.289. The molecule has 15 heavy (non-hydrogen) atoms. The predicted octanol–water partition coefficient (Wildman–Crippen LogP) is 1.44. The van der Waals surface area contributed by atoms with E-state index in [1.54, 1.807) is 13.3 Å². The molecule has 1 heterocycles. The first-order chi connectivity index (χ1) is 7.24. The minimum atomic E-state index is 0.289. The van der Waals surface area contributed by atoms with Crippen LogP contribution < -0.4 is 10.1 Å². The molecule has 0 fully saturated rings. The fourth-order valence-corrected chi connectivity index (χ4v) is 2.31. The van der Waals surface area contributed by atoms with Gasteiger partial charge in [-0.05, 0) is 12.8 Å². The van der Waals surface area contributed by atoms with E-state index < -0.39 is 0 Å². The average Bonchev–Trinajstić information content (AvgIpc) is 2.62. The van der Waals surface area contributed by atoms with Crippen LogP contribution in [0.2, 0.25) is 0 Å². The van der Waals surface area contributed by atoms with Crippen LogP contribution in [0.1, 0.15) is 18.7 Å². The maximum atomic E-state index is 5.30. The normalized spacial score (nSPS) is 12.8. The van der Waals surface area contributed by atoms with Crippen molar-refractivity contribution >= 4 is 11.8 Å². The molecule has 0 aliphatic carbocycles. The first-order valence-corrected chi connectivity index (χ1v) is 6.20. The van der Waals surface area contributed by atoms with Crippen molar-refractivity contribution in [3.63, 3.8) is 0 Å². The van der Waals surface area contributed by atoms with Gasteiger partial charge in [0, 0.05) is 12.8 Å². The number of methoxy groups -OCH3 is 1. The number of aryl methyl sites for hydroxylation is 1. The first kappa shape index (κ1) is 12.4. The second-order valence-electron chi connectivity index (χ2n) is 3.22. The monoisotopic (exact) mass is 229 g/mol. The number of hydrogen-bond acceptors (Lipinski definition) is 4. The molecule has 0 aliphatic heterocycles. The van der Waals surface area contributed by atoms with Crippen molar-refractivity contribution in [3.8, 4) is 5.75 Å². The Morgan fingerprint density at radius 2 is 2.40 bits per heavy atom. The molecular formula is C10H19N3OS. The summed E-state index contributed by atoms with van der Waals surface area (Å²) in [6.07, 6.45) is 1.76.